The summed E-state index contributed by atoms with van der Waals surface area (Å²) in [5.74, 6) is 0. The van der Waals surface area contributed by atoms with Crippen LogP contribution in [0.25, 0.3) is 10.8 Å². The monoisotopic (exact) mass is 197 g/mol. The molecular formula is C15H17. The molecule has 0 aliphatic rings. The Morgan fingerprint density at radius 2 is 1.80 bits per heavy atom. The lowest BCUT2D eigenvalue weighted by atomic mass is 10.0. The molecule has 0 heterocycles. The first kappa shape index (κ1) is 10.2. The Labute approximate surface area is 91.9 Å². The van der Waals surface area contributed by atoms with E-state index in [1.807, 2.05) is 0 Å². The van der Waals surface area contributed by atoms with Gasteiger partial charge < -0.3 is 0 Å². The topological polar surface area (TPSA) is 0 Å². The van der Waals surface area contributed by atoms with Gasteiger partial charge in [-0.2, -0.15) is 0 Å². The van der Waals surface area contributed by atoms with Crippen LogP contribution in [-0.2, 0) is 0 Å². The largest absolute Gasteiger partial charge is 0.0654 e. The van der Waals surface area contributed by atoms with E-state index in [-0.39, 0.29) is 0 Å². The SMILES string of the molecule is CCCC[CH]c1ccc2ccccc2c1. The summed E-state index contributed by atoms with van der Waals surface area (Å²) in [6.45, 7) is 2.23. The Balaban J connectivity index is 2.16. The molecule has 0 spiro atoms. The van der Waals surface area contributed by atoms with Gasteiger partial charge in [0.15, 0.2) is 0 Å². The second kappa shape index (κ2) is 4.97. The molecule has 0 heteroatoms. The first-order valence-corrected chi connectivity index (χ1v) is 5.72. The summed E-state index contributed by atoms with van der Waals surface area (Å²) < 4.78 is 0. The van der Waals surface area contributed by atoms with Gasteiger partial charge in [0.25, 0.3) is 0 Å². The molecule has 0 aromatic heterocycles. The van der Waals surface area contributed by atoms with Gasteiger partial charge in [-0.15, -0.1) is 0 Å². The highest BCUT2D eigenvalue weighted by atomic mass is 14.0. The first-order valence-electron chi connectivity index (χ1n) is 5.72. The Hall–Kier alpha value is -1.30. The Morgan fingerprint density at radius 3 is 2.60 bits per heavy atom. The molecule has 2 aromatic rings. The van der Waals surface area contributed by atoms with E-state index in [2.05, 4.69) is 55.8 Å². The molecule has 2 aromatic carbocycles. The lowest BCUT2D eigenvalue weighted by Gasteiger charge is -2.02. The molecule has 15 heavy (non-hydrogen) atoms. The number of hydrogen-bond donors (Lipinski definition) is 0. The van der Waals surface area contributed by atoms with Crippen molar-refractivity contribution in [1.82, 2.24) is 0 Å². The molecule has 77 valence electrons. The zero-order valence-corrected chi connectivity index (χ0v) is 9.24. The molecule has 0 unspecified atom stereocenters. The maximum atomic E-state index is 2.33. The van der Waals surface area contributed by atoms with Crippen LogP contribution in [0.4, 0.5) is 0 Å². The van der Waals surface area contributed by atoms with Crippen molar-refractivity contribution >= 4 is 10.8 Å². The van der Waals surface area contributed by atoms with E-state index in [1.54, 1.807) is 0 Å². The van der Waals surface area contributed by atoms with Crippen molar-refractivity contribution < 1.29 is 0 Å². The zero-order chi connectivity index (χ0) is 10.5. The van der Waals surface area contributed by atoms with E-state index >= 15 is 0 Å². The van der Waals surface area contributed by atoms with Crippen molar-refractivity contribution in [3.63, 3.8) is 0 Å². The van der Waals surface area contributed by atoms with Crippen LogP contribution in [0, 0.1) is 6.42 Å². The Kier molecular flexibility index (Phi) is 3.39. The lowest BCUT2D eigenvalue weighted by Crippen LogP contribution is -1.82. The van der Waals surface area contributed by atoms with Gasteiger partial charge in [-0.25, -0.2) is 0 Å². The van der Waals surface area contributed by atoms with Gasteiger partial charge >= 0.3 is 0 Å². The molecule has 0 aliphatic heterocycles. The summed E-state index contributed by atoms with van der Waals surface area (Å²) in [6.07, 6.45) is 6.07. The molecule has 0 nitrogen and oxygen atoms in total. The van der Waals surface area contributed by atoms with Crippen molar-refractivity contribution in [2.24, 2.45) is 0 Å². The summed E-state index contributed by atoms with van der Waals surface area (Å²) in [5.41, 5.74) is 1.35. The normalized spacial score (nSPS) is 10.7. The zero-order valence-electron chi connectivity index (χ0n) is 9.24. The Bertz CT molecular complexity index is 429. The number of benzene rings is 2. The summed E-state index contributed by atoms with van der Waals surface area (Å²) in [5, 5.41) is 2.66. The van der Waals surface area contributed by atoms with Crippen LogP contribution < -0.4 is 0 Å². The average Bonchev–Trinajstić information content (AvgIpc) is 2.29. The van der Waals surface area contributed by atoms with Crippen molar-refractivity contribution in [1.29, 1.82) is 0 Å². The van der Waals surface area contributed by atoms with Gasteiger partial charge in [-0.05, 0) is 29.2 Å². The molecule has 0 fully saturated rings. The minimum atomic E-state index is 1.19. The minimum absolute atomic E-state index is 1.19. The highest BCUT2D eigenvalue weighted by Crippen LogP contribution is 2.18. The van der Waals surface area contributed by atoms with Crippen molar-refractivity contribution in [2.75, 3.05) is 0 Å². The van der Waals surface area contributed by atoms with E-state index in [9.17, 15) is 0 Å². The van der Waals surface area contributed by atoms with Crippen LogP contribution in [0.5, 0.6) is 0 Å². The van der Waals surface area contributed by atoms with E-state index < -0.39 is 0 Å². The minimum Gasteiger partial charge on any atom is -0.0654 e. The maximum Gasteiger partial charge on any atom is -0.00929 e. The van der Waals surface area contributed by atoms with Crippen LogP contribution >= 0.6 is 0 Å². The molecule has 0 aliphatic carbocycles. The van der Waals surface area contributed by atoms with Crippen molar-refractivity contribution in [2.45, 2.75) is 26.2 Å². The lowest BCUT2D eigenvalue weighted by molar-refractivity contribution is 0.791. The highest BCUT2D eigenvalue weighted by Gasteiger charge is 1.96. The molecule has 1 radical (unpaired) electrons. The van der Waals surface area contributed by atoms with Crippen LogP contribution in [0.15, 0.2) is 42.5 Å². The standard InChI is InChI=1S/C15H17/c1-2-3-4-7-13-10-11-14-8-5-6-9-15(14)12-13/h5-12H,2-4H2,1H3. The fourth-order valence-corrected chi connectivity index (χ4v) is 1.81. The molecule has 0 N–H and O–H groups in total. The summed E-state index contributed by atoms with van der Waals surface area (Å²) in [6, 6.07) is 15.2. The van der Waals surface area contributed by atoms with Crippen molar-refractivity contribution in [3.05, 3.63) is 54.4 Å². The van der Waals surface area contributed by atoms with Gasteiger partial charge in [0.05, 0.1) is 0 Å². The maximum absolute atomic E-state index is 2.33. The predicted octanol–water partition coefficient (Wildman–Crippen LogP) is 4.58. The van der Waals surface area contributed by atoms with Gasteiger partial charge in [0, 0.05) is 0 Å². The molecule has 2 rings (SSSR count). The first-order chi connectivity index (χ1) is 7.40. The predicted molar refractivity (Wildman–Crippen MR) is 66.9 cm³/mol. The van der Waals surface area contributed by atoms with Crippen LogP contribution in [0.2, 0.25) is 0 Å². The van der Waals surface area contributed by atoms with Crippen LogP contribution in [0.1, 0.15) is 31.7 Å². The number of unbranched alkanes of at least 4 members (excludes halogenated alkanes) is 2. The van der Waals surface area contributed by atoms with Gasteiger partial charge in [-0.1, -0.05) is 62.2 Å². The fourth-order valence-electron chi connectivity index (χ4n) is 1.81. The molecule has 0 saturated heterocycles. The van der Waals surface area contributed by atoms with Crippen molar-refractivity contribution in [3.8, 4) is 0 Å². The summed E-state index contributed by atoms with van der Waals surface area (Å²) >= 11 is 0. The number of fused-ring (bicyclic) bond motifs is 1. The van der Waals surface area contributed by atoms with E-state index in [0.717, 1.165) is 0 Å². The number of hydrogen-bond acceptors (Lipinski definition) is 0. The summed E-state index contributed by atoms with van der Waals surface area (Å²) in [4.78, 5) is 0. The second-order valence-electron chi connectivity index (χ2n) is 3.95. The van der Waals surface area contributed by atoms with Crippen LogP contribution in [0.3, 0.4) is 0 Å². The Morgan fingerprint density at radius 1 is 1.00 bits per heavy atom. The fraction of sp³-hybridized carbons (Fsp3) is 0.267. The smallest absolute Gasteiger partial charge is 0.00929 e. The van der Waals surface area contributed by atoms with E-state index in [1.165, 1.54) is 35.6 Å². The molecule has 0 bridgehead atoms. The number of rotatable bonds is 4. The highest BCUT2D eigenvalue weighted by molar-refractivity contribution is 5.83. The molecule has 0 amide bonds. The quantitative estimate of drug-likeness (QED) is 0.629. The third kappa shape index (κ3) is 2.59. The third-order valence-corrected chi connectivity index (χ3v) is 2.71. The van der Waals surface area contributed by atoms with E-state index in [4.69, 9.17) is 0 Å². The van der Waals surface area contributed by atoms with Gasteiger partial charge in [0.1, 0.15) is 0 Å². The van der Waals surface area contributed by atoms with Gasteiger partial charge in [-0.3, -0.25) is 0 Å². The molecular weight excluding hydrogens is 180 g/mol. The van der Waals surface area contributed by atoms with Crippen LogP contribution in [-0.4, -0.2) is 0 Å². The van der Waals surface area contributed by atoms with E-state index in [0.29, 0.717) is 0 Å². The molecule has 0 saturated carbocycles. The third-order valence-electron chi connectivity index (χ3n) is 2.71. The second-order valence-corrected chi connectivity index (χ2v) is 3.95. The molecule has 0 atom stereocenters. The van der Waals surface area contributed by atoms with Gasteiger partial charge in [0.2, 0.25) is 0 Å². The average molecular weight is 197 g/mol. The summed E-state index contributed by atoms with van der Waals surface area (Å²) in [7, 11) is 0.